The third kappa shape index (κ3) is 2.98. The Balaban J connectivity index is 1.31. The molecule has 0 bridgehead atoms. The number of fused-ring (bicyclic) bond motifs is 11. The van der Waals surface area contributed by atoms with Crippen LogP contribution in [0.4, 0.5) is 0 Å². The van der Waals surface area contributed by atoms with Gasteiger partial charge < -0.3 is 4.74 Å². The molecule has 2 heterocycles. The lowest BCUT2D eigenvalue weighted by Crippen LogP contribution is -2.51. The second-order valence-corrected chi connectivity index (χ2v) is 12.7. The van der Waals surface area contributed by atoms with Gasteiger partial charge in [0, 0.05) is 29.8 Å². The van der Waals surface area contributed by atoms with Crippen LogP contribution in [0.5, 0.6) is 0 Å². The van der Waals surface area contributed by atoms with E-state index in [1.807, 2.05) is 18.2 Å². The SMILES string of the molecule is CC(=O)O[C@H]1CC[C@@]2(C)C(=CC[C@@H]3[C@@H]2CC[C@]2(C)c4c(C)nc5nc6ccc(Cl)cc6n5c4C[C@@H]32)C1. The third-order valence-electron chi connectivity index (χ3n) is 10.6. The van der Waals surface area contributed by atoms with E-state index in [1.54, 1.807) is 0 Å². The second-order valence-electron chi connectivity index (χ2n) is 12.3. The first-order valence-electron chi connectivity index (χ1n) is 13.5. The van der Waals surface area contributed by atoms with Crippen LogP contribution in [0.2, 0.25) is 5.02 Å². The summed E-state index contributed by atoms with van der Waals surface area (Å²) in [6, 6.07) is 5.96. The number of carbonyl (C=O) groups is 1. The van der Waals surface area contributed by atoms with Gasteiger partial charge in [0.15, 0.2) is 0 Å². The van der Waals surface area contributed by atoms with Gasteiger partial charge in [-0.3, -0.25) is 9.20 Å². The molecule has 0 saturated heterocycles. The highest BCUT2D eigenvalue weighted by Gasteiger charge is 2.58. The van der Waals surface area contributed by atoms with Crippen LogP contribution in [-0.2, 0) is 21.4 Å². The van der Waals surface area contributed by atoms with Crippen molar-refractivity contribution in [3.8, 4) is 0 Å². The molecule has 6 heteroatoms. The Kier molecular flexibility index (Phi) is 4.78. The standard InChI is InChI=1S/C30H34ClN3O2/c1-16-27-26(34-25-14-19(31)6-8-24(25)33-28(34)32-16)15-23-21-7-5-18-13-20(36-17(2)35)9-11-29(18,3)22(21)10-12-30(23,27)4/h5-6,8,14,20-23H,7,9-13,15H2,1-4H3/t20-,21+,22-,23-,29-,30-/m0/s1. The molecule has 188 valence electrons. The van der Waals surface area contributed by atoms with Gasteiger partial charge in [-0.05, 0) is 97.8 Å². The lowest BCUT2D eigenvalue weighted by molar-refractivity contribution is -0.148. The van der Waals surface area contributed by atoms with E-state index in [9.17, 15) is 4.79 Å². The minimum Gasteiger partial charge on any atom is -0.462 e. The summed E-state index contributed by atoms with van der Waals surface area (Å²) < 4.78 is 7.94. The summed E-state index contributed by atoms with van der Waals surface area (Å²) in [5.74, 6) is 2.57. The fourth-order valence-corrected chi connectivity index (χ4v) is 9.18. The lowest BCUT2D eigenvalue weighted by atomic mass is 9.47. The number of hydrogen-bond donors (Lipinski definition) is 0. The minimum atomic E-state index is -0.154. The van der Waals surface area contributed by atoms with Crippen molar-refractivity contribution in [2.45, 2.75) is 84.2 Å². The summed E-state index contributed by atoms with van der Waals surface area (Å²) in [4.78, 5) is 21.5. The normalized spacial score (nSPS) is 35.1. The molecular formula is C30H34ClN3O2. The van der Waals surface area contributed by atoms with E-state index in [4.69, 9.17) is 26.3 Å². The maximum absolute atomic E-state index is 11.6. The largest absolute Gasteiger partial charge is 0.462 e. The van der Waals surface area contributed by atoms with Crippen LogP contribution in [0.3, 0.4) is 0 Å². The van der Waals surface area contributed by atoms with Crippen molar-refractivity contribution < 1.29 is 9.53 Å². The zero-order chi connectivity index (χ0) is 25.0. The van der Waals surface area contributed by atoms with Crippen LogP contribution in [-0.4, -0.2) is 26.4 Å². The van der Waals surface area contributed by atoms with Gasteiger partial charge >= 0.3 is 5.97 Å². The molecule has 0 radical (unpaired) electrons. The smallest absolute Gasteiger partial charge is 0.302 e. The van der Waals surface area contributed by atoms with Gasteiger partial charge in [0.1, 0.15) is 6.10 Å². The summed E-state index contributed by atoms with van der Waals surface area (Å²) in [5, 5.41) is 0.738. The summed E-state index contributed by atoms with van der Waals surface area (Å²) >= 11 is 6.42. The number of nitrogens with zero attached hydrogens (tertiary/aromatic N) is 3. The fraction of sp³-hybridized carbons (Fsp3) is 0.567. The van der Waals surface area contributed by atoms with E-state index in [-0.39, 0.29) is 22.9 Å². The number of aromatic nitrogens is 3. The van der Waals surface area contributed by atoms with E-state index in [0.717, 1.165) is 59.6 Å². The molecule has 36 heavy (non-hydrogen) atoms. The number of carbonyl (C=O) groups excluding carboxylic acids is 1. The van der Waals surface area contributed by atoms with Crippen LogP contribution in [0.1, 0.15) is 76.2 Å². The monoisotopic (exact) mass is 503 g/mol. The average Bonchev–Trinajstić information content (AvgIpc) is 3.33. The highest BCUT2D eigenvalue weighted by Crippen LogP contribution is 2.64. The number of benzene rings is 1. The topological polar surface area (TPSA) is 56.5 Å². The molecule has 2 saturated carbocycles. The number of aryl methyl sites for hydroxylation is 1. The number of esters is 1. The van der Waals surface area contributed by atoms with Crippen molar-refractivity contribution in [3.63, 3.8) is 0 Å². The number of halogens is 1. The molecule has 0 aliphatic heterocycles. The van der Waals surface area contributed by atoms with Crippen LogP contribution in [0.25, 0.3) is 16.8 Å². The van der Waals surface area contributed by atoms with Crippen LogP contribution in [0, 0.1) is 30.1 Å². The number of imidazole rings is 1. The van der Waals surface area contributed by atoms with Crippen molar-refractivity contribution >= 4 is 34.4 Å². The minimum absolute atomic E-state index is 0.0475. The molecule has 0 amide bonds. The Bertz CT molecular complexity index is 1470. The number of allylic oxidation sites excluding steroid dienone is 1. The Hall–Kier alpha value is -2.40. The predicted octanol–water partition coefficient (Wildman–Crippen LogP) is 6.75. The summed E-state index contributed by atoms with van der Waals surface area (Å²) in [6.07, 6.45) is 10.2. The Morgan fingerprint density at radius 3 is 2.72 bits per heavy atom. The second kappa shape index (κ2) is 7.56. The van der Waals surface area contributed by atoms with Crippen LogP contribution < -0.4 is 0 Å². The summed E-state index contributed by atoms with van der Waals surface area (Å²) in [6.45, 7) is 8.72. The van der Waals surface area contributed by atoms with Gasteiger partial charge in [0.2, 0.25) is 5.78 Å². The van der Waals surface area contributed by atoms with Gasteiger partial charge in [-0.2, -0.15) is 0 Å². The van der Waals surface area contributed by atoms with Crippen LogP contribution >= 0.6 is 11.6 Å². The Labute approximate surface area is 217 Å². The number of rotatable bonds is 1. The van der Waals surface area contributed by atoms with E-state index in [2.05, 4.69) is 31.2 Å². The van der Waals surface area contributed by atoms with Gasteiger partial charge in [0.25, 0.3) is 0 Å². The molecule has 7 rings (SSSR count). The summed E-state index contributed by atoms with van der Waals surface area (Å²) in [7, 11) is 0. The molecule has 0 unspecified atom stereocenters. The molecule has 0 N–H and O–H groups in total. The summed E-state index contributed by atoms with van der Waals surface area (Å²) in [5.41, 5.74) is 7.91. The average molecular weight is 504 g/mol. The molecule has 1 aromatic carbocycles. The number of hydrogen-bond acceptors (Lipinski definition) is 4. The van der Waals surface area contributed by atoms with Crippen LogP contribution in [0.15, 0.2) is 29.8 Å². The lowest BCUT2D eigenvalue weighted by Gasteiger charge is -2.57. The van der Waals surface area contributed by atoms with E-state index in [0.29, 0.717) is 17.8 Å². The van der Waals surface area contributed by atoms with Crippen molar-refractivity contribution in [1.29, 1.82) is 0 Å². The zero-order valence-electron chi connectivity index (χ0n) is 21.6. The predicted molar refractivity (Wildman–Crippen MR) is 141 cm³/mol. The zero-order valence-corrected chi connectivity index (χ0v) is 22.4. The van der Waals surface area contributed by atoms with Gasteiger partial charge in [0.05, 0.1) is 11.0 Å². The molecule has 2 fully saturated rings. The highest BCUT2D eigenvalue weighted by molar-refractivity contribution is 6.31. The van der Waals surface area contributed by atoms with Crippen molar-refractivity contribution in [3.05, 3.63) is 51.8 Å². The maximum atomic E-state index is 11.6. The molecule has 4 aliphatic carbocycles. The first kappa shape index (κ1) is 22.8. The first-order chi connectivity index (χ1) is 17.2. The molecule has 6 atom stereocenters. The van der Waals surface area contributed by atoms with Crippen molar-refractivity contribution in [1.82, 2.24) is 14.4 Å². The molecule has 0 spiro atoms. The van der Waals surface area contributed by atoms with E-state index < -0.39 is 0 Å². The Morgan fingerprint density at radius 2 is 1.92 bits per heavy atom. The van der Waals surface area contributed by atoms with E-state index >= 15 is 0 Å². The van der Waals surface area contributed by atoms with Crippen molar-refractivity contribution in [2.24, 2.45) is 23.2 Å². The van der Waals surface area contributed by atoms with Gasteiger partial charge in [-0.25, -0.2) is 9.97 Å². The first-order valence-corrected chi connectivity index (χ1v) is 13.9. The fourth-order valence-electron chi connectivity index (χ4n) is 9.02. The van der Waals surface area contributed by atoms with Gasteiger partial charge in [-0.15, -0.1) is 0 Å². The molecule has 4 aliphatic rings. The van der Waals surface area contributed by atoms with Gasteiger partial charge in [-0.1, -0.05) is 37.1 Å². The van der Waals surface area contributed by atoms with E-state index in [1.165, 1.54) is 36.6 Å². The quantitative estimate of drug-likeness (QED) is 0.272. The third-order valence-corrected chi connectivity index (χ3v) is 10.8. The highest BCUT2D eigenvalue weighted by atomic mass is 35.5. The maximum Gasteiger partial charge on any atom is 0.302 e. The van der Waals surface area contributed by atoms with Crippen molar-refractivity contribution in [2.75, 3.05) is 0 Å². The molecule has 2 aromatic heterocycles. The molecular weight excluding hydrogens is 470 g/mol. The molecule has 5 nitrogen and oxygen atoms in total. The Morgan fingerprint density at radius 1 is 1.11 bits per heavy atom. The number of ether oxygens (including phenoxy) is 1. The molecule has 3 aromatic rings.